The van der Waals surface area contributed by atoms with Crippen molar-refractivity contribution >= 4 is 35.3 Å². The molecule has 2 amide bonds. The van der Waals surface area contributed by atoms with E-state index in [1.165, 1.54) is 12.3 Å². The van der Waals surface area contributed by atoms with Gasteiger partial charge >= 0.3 is 0 Å². The lowest BCUT2D eigenvalue weighted by Gasteiger charge is -2.26. The van der Waals surface area contributed by atoms with Gasteiger partial charge in [-0.3, -0.25) is 9.59 Å². The van der Waals surface area contributed by atoms with E-state index >= 15 is 0 Å². The number of ether oxygens (including phenoxy) is 2. The molecule has 186 valence electrons. The number of anilines is 1. The molecule has 0 atom stereocenters. The van der Waals surface area contributed by atoms with Crippen LogP contribution in [0.15, 0.2) is 66.9 Å². The lowest BCUT2D eigenvalue weighted by atomic mass is 10.0. The average Bonchev–Trinajstić information content (AvgIpc) is 2.93. The lowest BCUT2D eigenvalue weighted by Crippen LogP contribution is -2.40. The van der Waals surface area contributed by atoms with E-state index in [1.807, 2.05) is 12.1 Å². The second-order valence-corrected chi connectivity index (χ2v) is 8.35. The molecule has 4 rings (SSSR count). The van der Waals surface area contributed by atoms with Crippen LogP contribution in [-0.2, 0) is 9.53 Å². The summed E-state index contributed by atoms with van der Waals surface area (Å²) in [6, 6.07) is 15.5. The van der Waals surface area contributed by atoms with Crippen molar-refractivity contribution < 1.29 is 21.8 Å². The van der Waals surface area contributed by atoms with Crippen molar-refractivity contribution in [2.75, 3.05) is 45.1 Å². The summed E-state index contributed by atoms with van der Waals surface area (Å²) in [7, 11) is 0. The third kappa shape index (κ3) is 6.84. The molecule has 3 N–H and O–H groups in total. The van der Waals surface area contributed by atoms with Crippen molar-refractivity contribution in [1.82, 2.24) is 15.2 Å². The zero-order valence-electron chi connectivity index (χ0n) is 21.4. The van der Waals surface area contributed by atoms with Crippen LogP contribution in [0.3, 0.4) is 0 Å². The van der Waals surface area contributed by atoms with Gasteiger partial charge in [0, 0.05) is 30.9 Å². The molecule has 0 bridgehead atoms. The predicted molar refractivity (Wildman–Crippen MR) is 140 cm³/mol. The van der Waals surface area contributed by atoms with Gasteiger partial charge in [-0.05, 0) is 59.2 Å². The van der Waals surface area contributed by atoms with Crippen LogP contribution in [0.5, 0.6) is 5.75 Å². The fraction of sp³-hybridized carbons (Fsp3) is 0.222. The van der Waals surface area contributed by atoms with Gasteiger partial charge in [-0.15, -0.1) is 0 Å². The minimum Gasteiger partial charge on any atom is -0.490 e. The highest BCUT2D eigenvalue weighted by molar-refractivity contribution is 6.32. The van der Waals surface area contributed by atoms with E-state index in [2.05, 4.69) is 10.3 Å². The Morgan fingerprint density at radius 1 is 1.14 bits per heavy atom. The molecule has 1 saturated heterocycles. The number of rotatable bonds is 8. The molecule has 8 nitrogen and oxygen atoms in total. The van der Waals surface area contributed by atoms with Gasteiger partial charge in [0.15, 0.2) is 0 Å². The van der Waals surface area contributed by atoms with Crippen molar-refractivity contribution in [3.63, 3.8) is 0 Å². The highest BCUT2D eigenvalue weighted by atomic mass is 35.5. The summed E-state index contributed by atoms with van der Waals surface area (Å²) >= 11 is 6.38. The maximum Gasteiger partial charge on any atom is 0.254 e. The first kappa shape index (κ1) is 22.6. The summed E-state index contributed by atoms with van der Waals surface area (Å²) in [4.78, 5) is 30.4. The van der Waals surface area contributed by atoms with Crippen LogP contribution in [0, 0.1) is 0 Å². The Morgan fingerprint density at radius 2 is 1.89 bits per heavy atom. The summed E-state index contributed by atoms with van der Waals surface area (Å²) in [6.45, 7) is -0.369. The predicted octanol–water partition coefficient (Wildman–Crippen LogP) is 3.67. The Balaban J connectivity index is 1.33. The molecule has 2 aromatic carbocycles. The number of nitrogens with two attached hydrogens (primary N) is 1. The zero-order chi connectivity index (χ0) is 27.1. The molecule has 2 heterocycles. The molecule has 0 spiro atoms. The van der Waals surface area contributed by atoms with Crippen molar-refractivity contribution in [3.05, 3.63) is 83.0 Å². The molecule has 0 radical (unpaired) electrons. The summed E-state index contributed by atoms with van der Waals surface area (Å²) in [5, 5.41) is 2.68. The molecule has 0 aliphatic carbocycles. The number of morpholine rings is 1. The van der Waals surface area contributed by atoms with Crippen LogP contribution in [-0.4, -0.2) is 61.1 Å². The molecular weight excluding hydrogens is 480 g/mol. The van der Waals surface area contributed by atoms with E-state index in [0.29, 0.717) is 43.2 Å². The lowest BCUT2D eigenvalue weighted by molar-refractivity contribution is -0.116. The number of hydrogen-bond donors (Lipinski definition) is 2. The van der Waals surface area contributed by atoms with E-state index in [1.54, 1.807) is 53.4 Å². The largest absolute Gasteiger partial charge is 0.490 e. The van der Waals surface area contributed by atoms with Crippen molar-refractivity contribution in [2.45, 2.75) is 0 Å². The van der Waals surface area contributed by atoms with Gasteiger partial charge < -0.3 is 25.4 Å². The summed E-state index contributed by atoms with van der Waals surface area (Å²) in [5.74, 6) is -0.0187. The van der Waals surface area contributed by atoms with Gasteiger partial charge in [0.2, 0.25) is 5.91 Å². The molecule has 1 aliphatic rings. The molecule has 0 unspecified atom stereocenters. The number of carbonyl (C=O) groups is 2. The molecule has 0 saturated carbocycles. The highest BCUT2D eigenvalue weighted by Gasteiger charge is 2.18. The normalized spacial score (nSPS) is 14.8. The Labute approximate surface area is 217 Å². The maximum atomic E-state index is 12.6. The fourth-order valence-electron chi connectivity index (χ4n) is 3.50. The Morgan fingerprint density at radius 3 is 2.58 bits per heavy atom. The van der Waals surface area contributed by atoms with E-state index in [-0.39, 0.29) is 16.7 Å². The third-order valence-corrected chi connectivity index (χ3v) is 5.74. The second-order valence-electron chi connectivity index (χ2n) is 7.94. The SMILES string of the molecule is [2H]C([2H])(CNC(=O)/C=C/c1ccc(N)nc1)Oc1ccc(-c2ccc(C(=O)N3CCOCC3)cc2)cc1Cl. The number of amides is 2. The fourth-order valence-corrected chi connectivity index (χ4v) is 3.72. The molecule has 9 heteroatoms. The topological polar surface area (TPSA) is 107 Å². The van der Waals surface area contributed by atoms with E-state index in [4.69, 9.17) is 29.5 Å². The summed E-state index contributed by atoms with van der Waals surface area (Å²) < 4.78 is 27.0. The molecule has 3 aromatic rings. The van der Waals surface area contributed by atoms with Crippen molar-refractivity contribution in [3.8, 4) is 16.9 Å². The third-order valence-electron chi connectivity index (χ3n) is 5.45. The monoisotopic (exact) mass is 508 g/mol. The molecule has 1 fully saturated rings. The van der Waals surface area contributed by atoms with Crippen LogP contribution >= 0.6 is 11.6 Å². The standard InChI is InChI=1S/C27H27ClN4O4/c28-23-17-22(20-3-5-21(6-4-20)27(34)32-12-15-35-16-13-32)7-8-24(23)36-14-11-30-26(33)10-2-19-1-9-25(29)31-18-19/h1-10,17-18H,11-16H2,(H2,29,31)(H,30,33)/b10-2+/i14D2. The number of carbonyl (C=O) groups excluding carboxylic acids is 2. The van der Waals surface area contributed by atoms with E-state index < -0.39 is 19.0 Å². The maximum absolute atomic E-state index is 12.6. The first-order chi connectivity index (χ1) is 18.2. The summed E-state index contributed by atoms with van der Waals surface area (Å²) in [5.41, 5.74) is 8.43. The highest BCUT2D eigenvalue weighted by Crippen LogP contribution is 2.30. The zero-order valence-corrected chi connectivity index (χ0v) is 20.2. The average molecular weight is 509 g/mol. The second kappa shape index (κ2) is 12.2. The molecule has 1 aliphatic heterocycles. The van der Waals surface area contributed by atoms with Crippen molar-refractivity contribution in [2.24, 2.45) is 0 Å². The van der Waals surface area contributed by atoms with Crippen LogP contribution in [0.4, 0.5) is 5.82 Å². The quantitative estimate of drug-likeness (QED) is 0.450. The number of nitrogen functional groups attached to an aromatic ring is 1. The number of pyridine rings is 1. The number of aromatic nitrogens is 1. The Kier molecular flexibility index (Phi) is 7.65. The minimum absolute atomic E-state index is 0.0336. The summed E-state index contributed by atoms with van der Waals surface area (Å²) in [6.07, 6.45) is 4.33. The first-order valence-electron chi connectivity index (χ1n) is 12.3. The van der Waals surface area contributed by atoms with Gasteiger partial charge in [0.25, 0.3) is 5.91 Å². The number of nitrogens with one attached hydrogen (secondary N) is 1. The van der Waals surface area contributed by atoms with Gasteiger partial charge in [-0.1, -0.05) is 29.8 Å². The molecular formula is C27H27ClN4O4. The number of nitrogens with zero attached hydrogens (tertiary/aromatic N) is 2. The van der Waals surface area contributed by atoms with Crippen LogP contribution in [0.25, 0.3) is 17.2 Å². The minimum atomic E-state index is -2.21. The van der Waals surface area contributed by atoms with Crippen LogP contribution in [0.1, 0.15) is 18.7 Å². The van der Waals surface area contributed by atoms with Gasteiger partial charge in [-0.25, -0.2) is 4.98 Å². The van der Waals surface area contributed by atoms with E-state index in [9.17, 15) is 9.59 Å². The molecule has 36 heavy (non-hydrogen) atoms. The first-order valence-corrected chi connectivity index (χ1v) is 11.7. The van der Waals surface area contributed by atoms with Gasteiger partial charge in [0.05, 0.1) is 27.5 Å². The van der Waals surface area contributed by atoms with Crippen LogP contribution < -0.4 is 15.8 Å². The smallest absolute Gasteiger partial charge is 0.254 e. The Bertz CT molecular complexity index is 1310. The van der Waals surface area contributed by atoms with Gasteiger partial charge in [-0.2, -0.15) is 0 Å². The van der Waals surface area contributed by atoms with Crippen molar-refractivity contribution in [1.29, 1.82) is 0 Å². The van der Waals surface area contributed by atoms with Gasteiger partial charge in [0.1, 0.15) is 18.1 Å². The van der Waals surface area contributed by atoms with E-state index in [0.717, 1.165) is 11.1 Å². The number of benzene rings is 2. The van der Waals surface area contributed by atoms with Crippen LogP contribution in [0.2, 0.25) is 5.02 Å². The number of hydrogen-bond acceptors (Lipinski definition) is 6. The number of halogens is 1. The molecule has 1 aromatic heterocycles. The Hall–Kier alpha value is -3.88.